The zero-order valence-electron chi connectivity index (χ0n) is 12.1. The van der Waals surface area contributed by atoms with Gasteiger partial charge in [-0.25, -0.2) is 0 Å². The standard InChI is InChI=1S/C15H28N2OS/c1-2-19-12-9-8-11(10-12)17-15(18)13-6-4-3-5-7-14(13)16/h11-14H,2-10,16H2,1H3,(H,17,18). The van der Waals surface area contributed by atoms with Crippen LogP contribution < -0.4 is 11.1 Å². The van der Waals surface area contributed by atoms with E-state index in [0.29, 0.717) is 6.04 Å². The van der Waals surface area contributed by atoms with Crippen LogP contribution in [0, 0.1) is 5.92 Å². The molecule has 19 heavy (non-hydrogen) atoms. The maximum Gasteiger partial charge on any atom is 0.224 e. The van der Waals surface area contributed by atoms with E-state index in [1.54, 1.807) is 0 Å². The third-order valence-electron chi connectivity index (χ3n) is 4.54. The Kier molecular flexibility index (Phi) is 6.02. The highest BCUT2D eigenvalue weighted by molar-refractivity contribution is 7.99. The van der Waals surface area contributed by atoms with Crippen LogP contribution in [0.2, 0.25) is 0 Å². The molecule has 0 saturated heterocycles. The van der Waals surface area contributed by atoms with E-state index in [4.69, 9.17) is 5.73 Å². The van der Waals surface area contributed by atoms with Crippen LogP contribution >= 0.6 is 11.8 Å². The fourth-order valence-electron chi connectivity index (χ4n) is 3.43. The van der Waals surface area contributed by atoms with Crippen molar-refractivity contribution < 1.29 is 4.79 Å². The Bertz CT molecular complexity index is 298. The summed E-state index contributed by atoms with van der Waals surface area (Å²) in [7, 11) is 0. The number of carbonyl (C=O) groups is 1. The van der Waals surface area contributed by atoms with Gasteiger partial charge < -0.3 is 11.1 Å². The molecule has 0 aromatic carbocycles. The lowest BCUT2D eigenvalue weighted by Gasteiger charge is -2.23. The van der Waals surface area contributed by atoms with Gasteiger partial charge in [0, 0.05) is 17.3 Å². The van der Waals surface area contributed by atoms with Gasteiger partial charge in [0.15, 0.2) is 0 Å². The average molecular weight is 284 g/mol. The van der Waals surface area contributed by atoms with Crippen molar-refractivity contribution in [2.75, 3.05) is 5.75 Å². The van der Waals surface area contributed by atoms with Crippen molar-refractivity contribution in [1.29, 1.82) is 0 Å². The average Bonchev–Trinajstić information content (AvgIpc) is 2.69. The Morgan fingerprint density at radius 3 is 2.79 bits per heavy atom. The van der Waals surface area contributed by atoms with E-state index < -0.39 is 0 Å². The zero-order chi connectivity index (χ0) is 13.7. The molecule has 4 atom stereocenters. The quantitative estimate of drug-likeness (QED) is 0.780. The van der Waals surface area contributed by atoms with Gasteiger partial charge in [0.2, 0.25) is 5.91 Å². The van der Waals surface area contributed by atoms with Crippen LogP contribution in [-0.4, -0.2) is 29.0 Å². The van der Waals surface area contributed by atoms with Gasteiger partial charge in [0.25, 0.3) is 0 Å². The summed E-state index contributed by atoms with van der Waals surface area (Å²) < 4.78 is 0. The summed E-state index contributed by atoms with van der Waals surface area (Å²) in [6.45, 7) is 2.21. The van der Waals surface area contributed by atoms with Crippen molar-refractivity contribution in [3.8, 4) is 0 Å². The van der Waals surface area contributed by atoms with Gasteiger partial charge in [-0.15, -0.1) is 0 Å². The Morgan fingerprint density at radius 1 is 1.21 bits per heavy atom. The largest absolute Gasteiger partial charge is 0.353 e. The summed E-state index contributed by atoms with van der Waals surface area (Å²) in [5.74, 6) is 1.46. The van der Waals surface area contributed by atoms with Crippen molar-refractivity contribution in [2.24, 2.45) is 11.7 Å². The zero-order valence-corrected chi connectivity index (χ0v) is 12.9. The number of amides is 1. The van der Waals surface area contributed by atoms with Crippen LogP contribution in [0.5, 0.6) is 0 Å². The second-order valence-electron chi connectivity index (χ2n) is 6.00. The van der Waals surface area contributed by atoms with Crippen LogP contribution in [0.25, 0.3) is 0 Å². The van der Waals surface area contributed by atoms with E-state index in [9.17, 15) is 4.79 Å². The number of rotatable bonds is 4. The molecule has 0 aliphatic heterocycles. The topological polar surface area (TPSA) is 55.1 Å². The smallest absolute Gasteiger partial charge is 0.224 e. The maximum atomic E-state index is 12.4. The number of thioether (sulfide) groups is 1. The highest BCUT2D eigenvalue weighted by Crippen LogP contribution is 2.30. The second-order valence-corrected chi connectivity index (χ2v) is 7.58. The molecule has 2 aliphatic carbocycles. The van der Waals surface area contributed by atoms with Crippen LogP contribution in [0.1, 0.15) is 58.3 Å². The van der Waals surface area contributed by atoms with Crippen molar-refractivity contribution in [3.63, 3.8) is 0 Å². The van der Waals surface area contributed by atoms with Crippen molar-refractivity contribution >= 4 is 17.7 Å². The summed E-state index contributed by atoms with van der Waals surface area (Å²) in [5, 5.41) is 4.01. The van der Waals surface area contributed by atoms with Gasteiger partial charge in [-0.05, 0) is 37.9 Å². The van der Waals surface area contributed by atoms with Gasteiger partial charge in [-0.3, -0.25) is 4.79 Å². The molecular weight excluding hydrogens is 256 g/mol. The molecule has 3 nitrogen and oxygen atoms in total. The Hall–Kier alpha value is -0.220. The third kappa shape index (κ3) is 4.38. The van der Waals surface area contributed by atoms with E-state index in [-0.39, 0.29) is 17.9 Å². The van der Waals surface area contributed by atoms with E-state index in [1.807, 2.05) is 11.8 Å². The molecule has 0 radical (unpaired) electrons. The third-order valence-corrected chi connectivity index (χ3v) is 5.77. The molecule has 4 heteroatoms. The number of hydrogen-bond acceptors (Lipinski definition) is 3. The first-order valence-electron chi connectivity index (χ1n) is 7.88. The number of carbonyl (C=O) groups excluding carboxylic acids is 1. The van der Waals surface area contributed by atoms with Crippen LogP contribution in [0.4, 0.5) is 0 Å². The molecule has 0 heterocycles. The molecule has 0 spiro atoms. The first kappa shape index (κ1) is 15.2. The molecule has 0 bridgehead atoms. The van der Waals surface area contributed by atoms with Crippen LogP contribution in [0.15, 0.2) is 0 Å². The number of hydrogen-bond donors (Lipinski definition) is 2. The summed E-state index contributed by atoms with van der Waals surface area (Å²) >= 11 is 2.03. The summed E-state index contributed by atoms with van der Waals surface area (Å²) in [6.07, 6.45) is 9.10. The summed E-state index contributed by atoms with van der Waals surface area (Å²) in [4.78, 5) is 12.4. The molecule has 0 aromatic rings. The lowest BCUT2D eigenvalue weighted by molar-refractivity contribution is -0.126. The lowest BCUT2D eigenvalue weighted by Crippen LogP contribution is -2.44. The van der Waals surface area contributed by atoms with Gasteiger partial charge >= 0.3 is 0 Å². The second kappa shape index (κ2) is 7.53. The van der Waals surface area contributed by atoms with Crippen molar-refractivity contribution in [3.05, 3.63) is 0 Å². The maximum absolute atomic E-state index is 12.4. The van der Waals surface area contributed by atoms with Crippen LogP contribution in [-0.2, 0) is 4.79 Å². The molecular formula is C15H28N2OS. The molecule has 2 rings (SSSR count). The predicted octanol–water partition coefficient (Wildman–Crippen LogP) is 2.68. The molecule has 0 aromatic heterocycles. The minimum atomic E-state index is 0.0559. The highest BCUT2D eigenvalue weighted by Gasteiger charge is 2.31. The van der Waals surface area contributed by atoms with E-state index in [0.717, 1.165) is 37.4 Å². The first-order valence-corrected chi connectivity index (χ1v) is 8.93. The Balaban J connectivity index is 1.80. The van der Waals surface area contributed by atoms with E-state index in [2.05, 4.69) is 12.2 Å². The molecule has 2 fully saturated rings. The predicted molar refractivity (Wildman–Crippen MR) is 82.3 cm³/mol. The Morgan fingerprint density at radius 2 is 2.00 bits per heavy atom. The minimum Gasteiger partial charge on any atom is -0.353 e. The fourth-order valence-corrected chi connectivity index (χ4v) is 4.57. The van der Waals surface area contributed by atoms with Crippen molar-refractivity contribution in [2.45, 2.75) is 75.6 Å². The lowest BCUT2D eigenvalue weighted by atomic mass is 9.94. The molecule has 2 aliphatic rings. The minimum absolute atomic E-state index is 0.0559. The van der Waals surface area contributed by atoms with Gasteiger partial charge in [0.05, 0.1) is 5.92 Å². The van der Waals surface area contributed by atoms with Crippen LogP contribution in [0.3, 0.4) is 0 Å². The first-order chi connectivity index (χ1) is 9.20. The molecule has 3 N–H and O–H groups in total. The molecule has 4 unspecified atom stereocenters. The summed E-state index contributed by atoms with van der Waals surface area (Å²) in [6, 6.07) is 0.469. The van der Waals surface area contributed by atoms with E-state index in [1.165, 1.54) is 25.0 Å². The SMILES string of the molecule is CCSC1CCC(NC(=O)C2CCCCCC2N)C1. The Labute approximate surface area is 121 Å². The van der Waals surface area contributed by atoms with Gasteiger partial charge in [0.1, 0.15) is 0 Å². The van der Waals surface area contributed by atoms with E-state index >= 15 is 0 Å². The normalized spacial score (nSPS) is 35.9. The van der Waals surface area contributed by atoms with Crippen molar-refractivity contribution in [1.82, 2.24) is 5.32 Å². The molecule has 2 saturated carbocycles. The molecule has 1 amide bonds. The monoisotopic (exact) mass is 284 g/mol. The summed E-state index contributed by atoms with van der Waals surface area (Å²) in [5.41, 5.74) is 6.16. The van der Waals surface area contributed by atoms with Gasteiger partial charge in [-0.2, -0.15) is 11.8 Å². The number of nitrogens with two attached hydrogens (primary N) is 1. The fraction of sp³-hybridized carbons (Fsp3) is 0.933. The molecule has 110 valence electrons. The van der Waals surface area contributed by atoms with Gasteiger partial charge in [-0.1, -0.05) is 26.2 Å². The highest BCUT2D eigenvalue weighted by atomic mass is 32.2. The number of nitrogens with one attached hydrogen (secondary N) is 1.